The average molecular weight is 382 g/mol. The molecule has 1 amide bonds. The van der Waals surface area contributed by atoms with Crippen molar-refractivity contribution in [1.82, 2.24) is 20.1 Å². The van der Waals surface area contributed by atoms with Crippen molar-refractivity contribution < 1.29 is 4.79 Å². The van der Waals surface area contributed by atoms with Crippen LogP contribution in [0.25, 0.3) is 11.3 Å². The molecule has 0 atom stereocenters. The standard InChI is InChI=1S/C24H22N4O/c1-18-10-12-20(13-11-18)23-22(24(29)26-15-21-9-5-6-14-25-21)17-28(27-23)16-19-7-3-2-4-8-19/h2-14,17H,15-16H2,1H3,(H,26,29). The average Bonchev–Trinajstić information content (AvgIpc) is 3.18. The quantitative estimate of drug-likeness (QED) is 0.543. The van der Waals surface area contributed by atoms with Crippen LogP contribution < -0.4 is 5.32 Å². The molecule has 0 aliphatic carbocycles. The van der Waals surface area contributed by atoms with Crippen molar-refractivity contribution in [2.24, 2.45) is 0 Å². The molecule has 2 aromatic heterocycles. The maximum atomic E-state index is 13.0. The van der Waals surface area contributed by atoms with E-state index in [1.54, 1.807) is 6.20 Å². The predicted octanol–water partition coefficient (Wildman–Crippen LogP) is 4.23. The summed E-state index contributed by atoms with van der Waals surface area (Å²) in [7, 11) is 0. The molecule has 0 unspecified atom stereocenters. The summed E-state index contributed by atoms with van der Waals surface area (Å²) >= 11 is 0. The van der Waals surface area contributed by atoms with E-state index in [0.717, 1.165) is 16.8 Å². The molecule has 4 aromatic rings. The summed E-state index contributed by atoms with van der Waals surface area (Å²) in [4.78, 5) is 17.2. The van der Waals surface area contributed by atoms with Gasteiger partial charge in [-0.3, -0.25) is 14.5 Å². The van der Waals surface area contributed by atoms with Crippen LogP contribution in [0.1, 0.15) is 27.2 Å². The number of nitrogens with zero attached hydrogens (tertiary/aromatic N) is 3. The van der Waals surface area contributed by atoms with E-state index >= 15 is 0 Å². The van der Waals surface area contributed by atoms with Crippen molar-refractivity contribution in [3.8, 4) is 11.3 Å². The lowest BCUT2D eigenvalue weighted by molar-refractivity contribution is 0.0951. The Balaban J connectivity index is 1.62. The molecule has 2 heterocycles. The number of pyridine rings is 1. The molecule has 0 saturated carbocycles. The number of aryl methyl sites for hydroxylation is 1. The van der Waals surface area contributed by atoms with Crippen LogP contribution in [-0.2, 0) is 13.1 Å². The zero-order valence-corrected chi connectivity index (χ0v) is 16.2. The van der Waals surface area contributed by atoms with Crippen molar-refractivity contribution in [2.75, 3.05) is 0 Å². The molecule has 29 heavy (non-hydrogen) atoms. The Morgan fingerprint density at radius 2 is 1.72 bits per heavy atom. The van der Waals surface area contributed by atoms with Gasteiger partial charge in [-0.05, 0) is 24.6 Å². The lowest BCUT2D eigenvalue weighted by Gasteiger charge is -2.05. The van der Waals surface area contributed by atoms with Crippen LogP contribution in [0.3, 0.4) is 0 Å². The Morgan fingerprint density at radius 1 is 0.966 bits per heavy atom. The number of aromatic nitrogens is 3. The summed E-state index contributed by atoms with van der Waals surface area (Å²) in [5, 5.41) is 7.68. The first kappa shape index (κ1) is 18.6. The molecular weight excluding hydrogens is 360 g/mol. The van der Waals surface area contributed by atoms with Gasteiger partial charge in [0, 0.05) is 18.0 Å². The maximum absolute atomic E-state index is 13.0. The van der Waals surface area contributed by atoms with Gasteiger partial charge >= 0.3 is 0 Å². The minimum absolute atomic E-state index is 0.162. The van der Waals surface area contributed by atoms with Crippen LogP contribution in [0.15, 0.2) is 85.2 Å². The molecule has 0 saturated heterocycles. The fourth-order valence-electron chi connectivity index (χ4n) is 3.13. The lowest BCUT2D eigenvalue weighted by Crippen LogP contribution is -2.23. The van der Waals surface area contributed by atoms with Crippen LogP contribution in [0.4, 0.5) is 0 Å². The summed E-state index contributed by atoms with van der Waals surface area (Å²) in [5.41, 5.74) is 5.27. The fraction of sp³-hybridized carbons (Fsp3) is 0.125. The second kappa shape index (κ2) is 8.52. The number of carbonyl (C=O) groups excluding carboxylic acids is 1. The monoisotopic (exact) mass is 382 g/mol. The molecule has 1 N–H and O–H groups in total. The number of hydrogen-bond acceptors (Lipinski definition) is 3. The Hall–Kier alpha value is -3.73. The molecule has 5 heteroatoms. The van der Waals surface area contributed by atoms with E-state index in [2.05, 4.69) is 10.3 Å². The topological polar surface area (TPSA) is 59.8 Å². The molecule has 0 spiro atoms. The highest BCUT2D eigenvalue weighted by atomic mass is 16.1. The van der Waals surface area contributed by atoms with Gasteiger partial charge in [0.05, 0.1) is 24.3 Å². The highest BCUT2D eigenvalue weighted by molar-refractivity contribution is 5.99. The highest BCUT2D eigenvalue weighted by Crippen LogP contribution is 2.23. The van der Waals surface area contributed by atoms with Crippen molar-refractivity contribution in [3.05, 3.63) is 108 Å². The number of hydrogen-bond donors (Lipinski definition) is 1. The molecule has 0 aliphatic rings. The molecule has 0 bridgehead atoms. The number of nitrogens with one attached hydrogen (secondary N) is 1. The van der Waals surface area contributed by atoms with Gasteiger partial charge in [0.25, 0.3) is 5.91 Å². The lowest BCUT2D eigenvalue weighted by atomic mass is 10.1. The molecule has 4 rings (SSSR count). The normalized spacial score (nSPS) is 10.7. The Labute approximate surface area is 170 Å². The molecule has 2 aromatic carbocycles. The Bertz CT molecular complexity index is 1090. The molecule has 0 radical (unpaired) electrons. The summed E-state index contributed by atoms with van der Waals surface area (Å²) in [6.07, 6.45) is 3.53. The van der Waals surface area contributed by atoms with Gasteiger partial charge in [-0.1, -0.05) is 66.2 Å². The van der Waals surface area contributed by atoms with Crippen molar-refractivity contribution >= 4 is 5.91 Å². The summed E-state index contributed by atoms with van der Waals surface area (Å²) < 4.78 is 1.82. The number of carbonyl (C=O) groups is 1. The van der Waals surface area contributed by atoms with E-state index in [1.165, 1.54) is 5.56 Å². The third-order valence-corrected chi connectivity index (χ3v) is 4.67. The van der Waals surface area contributed by atoms with Crippen LogP contribution in [-0.4, -0.2) is 20.7 Å². The third kappa shape index (κ3) is 4.58. The molecular formula is C24H22N4O. The first-order valence-corrected chi connectivity index (χ1v) is 9.55. The van der Waals surface area contributed by atoms with E-state index in [4.69, 9.17) is 5.10 Å². The predicted molar refractivity (Wildman–Crippen MR) is 113 cm³/mol. The minimum atomic E-state index is -0.162. The molecule has 0 fully saturated rings. The van der Waals surface area contributed by atoms with E-state index in [9.17, 15) is 4.79 Å². The fourth-order valence-corrected chi connectivity index (χ4v) is 3.13. The van der Waals surface area contributed by atoms with Crippen LogP contribution in [0, 0.1) is 6.92 Å². The second-order valence-electron chi connectivity index (χ2n) is 6.94. The molecule has 0 aliphatic heterocycles. The zero-order chi connectivity index (χ0) is 20.1. The van der Waals surface area contributed by atoms with Crippen molar-refractivity contribution in [2.45, 2.75) is 20.0 Å². The van der Waals surface area contributed by atoms with E-state index in [-0.39, 0.29) is 5.91 Å². The van der Waals surface area contributed by atoms with Crippen LogP contribution >= 0.6 is 0 Å². The second-order valence-corrected chi connectivity index (χ2v) is 6.94. The van der Waals surface area contributed by atoms with Gasteiger partial charge in [-0.2, -0.15) is 5.10 Å². The first-order chi connectivity index (χ1) is 14.2. The van der Waals surface area contributed by atoms with Crippen molar-refractivity contribution in [3.63, 3.8) is 0 Å². The minimum Gasteiger partial charge on any atom is -0.346 e. The van der Waals surface area contributed by atoms with Gasteiger partial charge in [-0.15, -0.1) is 0 Å². The Morgan fingerprint density at radius 3 is 2.45 bits per heavy atom. The van der Waals surface area contributed by atoms with Gasteiger partial charge in [0.15, 0.2) is 0 Å². The van der Waals surface area contributed by atoms with Gasteiger partial charge in [0.1, 0.15) is 5.69 Å². The van der Waals surface area contributed by atoms with Crippen LogP contribution in [0.5, 0.6) is 0 Å². The maximum Gasteiger partial charge on any atom is 0.255 e. The smallest absolute Gasteiger partial charge is 0.255 e. The summed E-state index contributed by atoms with van der Waals surface area (Å²) in [6, 6.07) is 23.8. The van der Waals surface area contributed by atoms with E-state index in [0.29, 0.717) is 24.3 Å². The van der Waals surface area contributed by atoms with E-state index < -0.39 is 0 Å². The SMILES string of the molecule is Cc1ccc(-c2nn(Cc3ccccc3)cc2C(=O)NCc2ccccn2)cc1. The first-order valence-electron chi connectivity index (χ1n) is 9.55. The number of rotatable bonds is 6. The van der Waals surface area contributed by atoms with Crippen LogP contribution in [0.2, 0.25) is 0 Å². The van der Waals surface area contributed by atoms with Gasteiger partial charge in [-0.25, -0.2) is 0 Å². The number of amides is 1. The third-order valence-electron chi connectivity index (χ3n) is 4.67. The number of benzene rings is 2. The Kier molecular flexibility index (Phi) is 5.47. The van der Waals surface area contributed by atoms with Gasteiger partial charge < -0.3 is 5.32 Å². The van der Waals surface area contributed by atoms with E-state index in [1.807, 2.05) is 90.6 Å². The van der Waals surface area contributed by atoms with Crippen molar-refractivity contribution in [1.29, 1.82) is 0 Å². The summed E-state index contributed by atoms with van der Waals surface area (Å²) in [5.74, 6) is -0.162. The highest BCUT2D eigenvalue weighted by Gasteiger charge is 2.18. The molecule has 5 nitrogen and oxygen atoms in total. The van der Waals surface area contributed by atoms with Gasteiger partial charge in [0.2, 0.25) is 0 Å². The largest absolute Gasteiger partial charge is 0.346 e. The molecule has 144 valence electrons. The zero-order valence-electron chi connectivity index (χ0n) is 16.2. The summed E-state index contributed by atoms with van der Waals surface area (Å²) in [6.45, 7) is 3.02.